The van der Waals surface area contributed by atoms with Crippen molar-refractivity contribution in [2.24, 2.45) is 0 Å². The fourth-order valence-electron chi connectivity index (χ4n) is 2.59. The molecule has 0 unspecified atom stereocenters. The lowest BCUT2D eigenvalue weighted by Crippen LogP contribution is -2.49. The Labute approximate surface area is 111 Å². The Bertz CT molecular complexity index is 435. The molecule has 0 aliphatic heterocycles. The van der Waals surface area contributed by atoms with E-state index in [1.54, 1.807) is 4.90 Å². The summed E-state index contributed by atoms with van der Waals surface area (Å²) in [6.45, 7) is 2.47. The molecule has 0 radical (unpaired) electrons. The van der Waals surface area contributed by atoms with Gasteiger partial charge in [0, 0.05) is 6.54 Å². The van der Waals surface area contributed by atoms with Crippen LogP contribution in [0.3, 0.4) is 0 Å². The summed E-state index contributed by atoms with van der Waals surface area (Å²) in [7, 11) is 0. The van der Waals surface area contributed by atoms with E-state index in [4.69, 9.17) is 5.73 Å². The maximum absolute atomic E-state index is 12.3. The highest BCUT2D eigenvalue weighted by atomic mass is 16.3. The van der Waals surface area contributed by atoms with Crippen molar-refractivity contribution in [3.63, 3.8) is 0 Å². The number of rotatable bonds is 4. The van der Waals surface area contributed by atoms with Crippen molar-refractivity contribution in [2.45, 2.75) is 51.3 Å². The van der Waals surface area contributed by atoms with Gasteiger partial charge in [-0.15, -0.1) is 0 Å². The van der Waals surface area contributed by atoms with Crippen LogP contribution in [-0.2, 0) is 11.3 Å². The van der Waals surface area contributed by atoms with E-state index < -0.39 is 6.10 Å². The number of carbonyl (C=O) groups is 1. The van der Waals surface area contributed by atoms with Gasteiger partial charge < -0.3 is 15.7 Å². The third-order valence-corrected chi connectivity index (χ3v) is 3.60. The molecule has 1 aliphatic rings. The zero-order valence-corrected chi connectivity index (χ0v) is 11.1. The largest absolute Gasteiger partial charge is 0.391 e. The first kappa shape index (κ1) is 13.7. The van der Waals surface area contributed by atoms with Crippen LogP contribution in [0.2, 0.25) is 0 Å². The Kier molecular flexibility index (Phi) is 4.31. The van der Waals surface area contributed by atoms with Crippen LogP contribution in [0.4, 0.5) is 5.95 Å². The number of anilines is 1. The molecule has 0 spiro atoms. The van der Waals surface area contributed by atoms with Gasteiger partial charge in [0.1, 0.15) is 6.54 Å². The van der Waals surface area contributed by atoms with Gasteiger partial charge in [-0.3, -0.25) is 4.79 Å². The van der Waals surface area contributed by atoms with Gasteiger partial charge in [-0.2, -0.15) is 0 Å². The van der Waals surface area contributed by atoms with Crippen LogP contribution in [0.1, 0.15) is 32.6 Å². The lowest BCUT2D eigenvalue weighted by molar-refractivity contribution is -0.137. The molecule has 1 heterocycles. The molecule has 8 nitrogen and oxygen atoms in total. The Balaban J connectivity index is 2.04. The van der Waals surface area contributed by atoms with Crippen LogP contribution < -0.4 is 5.73 Å². The number of carbonyl (C=O) groups excluding carboxylic acids is 1. The minimum Gasteiger partial charge on any atom is -0.391 e. The average Bonchev–Trinajstić information content (AvgIpc) is 2.78. The van der Waals surface area contributed by atoms with E-state index >= 15 is 0 Å². The van der Waals surface area contributed by atoms with E-state index in [0.717, 1.165) is 25.7 Å². The predicted octanol–water partition coefficient (Wildman–Crippen LogP) is -0.593. The molecule has 0 aromatic carbocycles. The molecule has 1 aliphatic carbocycles. The van der Waals surface area contributed by atoms with Gasteiger partial charge in [0.25, 0.3) is 0 Å². The predicted molar refractivity (Wildman–Crippen MR) is 67.9 cm³/mol. The number of hydrogen-bond acceptors (Lipinski definition) is 6. The number of nitrogen functional groups attached to an aromatic ring is 1. The van der Waals surface area contributed by atoms with Gasteiger partial charge in [-0.25, -0.2) is 4.68 Å². The molecular formula is C11H20N6O2. The van der Waals surface area contributed by atoms with E-state index in [-0.39, 0.29) is 24.4 Å². The van der Waals surface area contributed by atoms with Crippen LogP contribution in [0.15, 0.2) is 0 Å². The highest BCUT2D eigenvalue weighted by Gasteiger charge is 2.31. The van der Waals surface area contributed by atoms with E-state index in [2.05, 4.69) is 15.5 Å². The second-order valence-corrected chi connectivity index (χ2v) is 4.79. The molecule has 1 aromatic heterocycles. The summed E-state index contributed by atoms with van der Waals surface area (Å²) in [6.07, 6.45) is 3.21. The monoisotopic (exact) mass is 268 g/mol. The standard InChI is InChI=1S/C11H20N6O2/c1-2-16(8-5-3-4-6-9(8)18)10(19)7-17-11(12)13-14-15-17/h8-9,18H,2-7H2,1H3,(H2,12,13,15)/t8-,9-/m1/s1. The highest BCUT2D eigenvalue weighted by Crippen LogP contribution is 2.23. The summed E-state index contributed by atoms with van der Waals surface area (Å²) < 4.78 is 1.26. The molecule has 1 fully saturated rings. The fourth-order valence-corrected chi connectivity index (χ4v) is 2.59. The number of amides is 1. The maximum atomic E-state index is 12.3. The summed E-state index contributed by atoms with van der Waals surface area (Å²) in [5.41, 5.74) is 5.54. The molecule has 19 heavy (non-hydrogen) atoms. The van der Waals surface area contributed by atoms with Gasteiger partial charge in [0.2, 0.25) is 11.9 Å². The lowest BCUT2D eigenvalue weighted by atomic mass is 9.91. The Hall–Kier alpha value is -1.70. The van der Waals surface area contributed by atoms with Gasteiger partial charge in [0.05, 0.1) is 12.1 Å². The molecule has 0 bridgehead atoms. The second kappa shape index (κ2) is 5.96. The van der Waals surface area contributed by atoms with Crippen molar-refractivity contribution in [3.8, 4) is 0 Å². The molecule has 2 rings (SSSR count). The number of likely N-dealkylation sites (N-methyl/N-ethyl adjacent to an activating group) is 1. The van der Waals surface area contributed by atoms with Crippen LogP contribution in [0.25, 0.3) is 0 Å². The fraction of sp³-hybridized carbons (Fsp3) is 0.818. The lowest BCUT2D eigenvalue weighted by Gasteiger charge is -2.37. The normalized spacial score (nSPS) is 23.3. The SMILES string of the molecule is CCN(C(=O)Cn1nnnc1N)[C@@H]1CCCC[C@H]1O. The van der Waals surface area contributed by atoms with Crippen LogP contribution >= 0.6 is 0 Å². The summed E-state index contributed by atoms with van der Waals surface area (Å²) in [5, 5.41) is 20.6. The summed E-state index contributed by atoms with van der Waals surface area (Å²) >= 11 is 0. The highest BCUT2D eigenvalue weighted by molar-refractivity contribution is 5.76. The molecule has 1 aromatic rings. The molecule has 2 atom stereocenters. The number of aliphatic hydroxyl groups is 1. The van der Waals surface area contributed by atoms with Crippen molar-refractivity contribution in [1.29, 1.82) is 0 Å². The quantitative estimate of drug-likeness (QED) is 0.755. The number of tetrazole rings is 1. The minimum absolute atomic E-state index is 0.00981. The van der Waals surface area contributed by atoms with Gasteiger partial charge in [-0.1, -0.05) is 17.9 Å². The molecule has 3 N–H and O–H groups in total. The van der Waals surface area contributed by atoms with E-state index in [1.807, 2.05) is 6.92 Å². The van der Waals surface area contributed by atoms with Gasteiger partial charge in [0.15, 0.2) is 0 Å². The van der Waals surface area contributed by atoms with Crippen molar-refractivity contribution < 1.29 is 9.90 Å². The topological polar surface area (TPSA) is 110 Å². The number of hydrogen-bond donors (Lipinski definition) is 2. The third kappa shape index (κ3) is 3.01. The van der Waals surface area contributed by atoms with Gasteiger partial charge >= 0.3 is 0 Å². The molecule has 0 saturated heterocycles. The third-order valence-electron chi connectivity index (χ3n) is 3.60. The van der Waals surface area contributed by atoms with E-state index in [1.165, 1.54) is 4.68 Å². The van der Waals surface area contributed by atoms with Crippen LogP contribution in [0.5, 0.6) is 0 Å². The number of aliphatic hydroxyl groups excluding tert-OH is 1. The zero-order valence-electron chi connectivity index (χ0n) is 11.1. The minimum atomic E-state index is -0.441. The van der Waals surface area contributed by atoms with Crippen molar-refractivity contribution in [3.05, 3.63) is 0 Å². The first-order chi connectivity index (χ1) is 9.13. The summed E-state index contributed by atoms with van der Waals surface area (Å²) in [6, 6.07) is -0.107. The average molecular weight is 268 g/mol. The second-order valence-electron chi connectivity index (χ2n) is 4.79. The molecule has 1 amide bonds. The van der Waals surface area contributed by atoms with Gasteiger partial charge in [-0.05, 0) is 30.2 Å². The molecule has 106 valence electrons. The molecular weight excluding hydrogens is 248 g/mol. The van der Waals surface area contributed by atoms with Crippen LogP contribution in [0, 0.1) is 0 Å². The Morgan fingerprint density at radius 1 is 1.53 bits per heavy atom. The first-order valence-corrected chi connectivity index (χ1v) is 6.62. The molecule has 1 saturated carbocycles. The zero-order chi connectivity index (χ0) is 13.8. The van der Waals surface area contributed by atoms with Crippen molar-refractivity contribution in [2.75, 3.05) is 12.3 Å². The van der Waals surface area contributed by atoms with E-state index in [9.17, 15) is 9.90 Å². The van der Waals surface area contributed by atoms with Crippen molar-refractivity contribution in [1.82, 2.24) is 25.1 Å². The number of nitrogens with two attached hydrogens (primary N) is 1. The number of nitrogens with zero attached hydrogens (tertiary/aromatic N) is 5. The smallest absolute Gasteiger partial charge is 0.244 e. The van der Waals surface area contributed by atoms with Crippen molar-refractivity contribution >= 4 is 11.9 Å². The summed E-state index contributed by atoms with van der Waals surface area (Å²) in [4.78, 5) is 14.0. The van der Waals surface area contributed by atoms with E-state index in [0.29, 0.717) is 6.54 Å². The first-order valence-electron chi connectivity index (χ1n) is 6.62. The molecule has 8 heteroatoms. The van der Waals surface area contributed by atoms with Crippen LogP contribution in [-0.4, -0.2) is 54.8 Å². The summed E-state index contributed by atoms with van der Waals surface area (Å²) in [5.74, 6) is 0.000968. The number of aromatic nitrogens is 4. The Morgan fingerprint density at radius 2 is 2.26 bits per heavy atom. The maximum Gasteiger partial charge on any atom is 0.244 e. The Morgan fingerprint density at radius 3 is 2.84 bits per heavy atom.